The lowest BCUT2D eigenvalue weighted by molar-refractivity contribution is -0.696. The Hall–Kier alpha value is -4.14. The molecule has 0 bridgehead atoms. The van der Waals surface area contributed by atoms with Gasteiger partial charge in [0.15, 0.2) is 37.9 Å². The first-order valence-corrected chi connectivity index (χ1v) is 19.9. The van der Waals surface area contributed by atoms with E-state index in [-0.39, 0.29) is 11.8 Å². The maximum atomic E-state index is 12.6. The molecule has 2 aromatic carbocycles. The van der Waals surface area contributed by atoms with Crippen LogP contribution in [0.15, 0.2) is 97.6 Å². The van der Waals surface area contributed by atoms with Gasteiger partial charge in [0.2, 0.25) is 11.8 Å². The highest BCUT2D eigenvalue weighted by Gasteiger charge is 2.12. The predicted octanol–water partition coefficient (Wildman–Crippen LogP) is 7.78. The minimum Gasteiger partial charge on any atom is -0.339 e. The van der Waals surface area contributed by atoms with Gasteiger partial charge in [-0.3, -0.25) is 9.59 Å². The number of carbonyl (C=O) groups is 2. The van der Waals surface area contributed by atoms with E-state index in [4.69, 9.17) is 0 Å². The maximum absolute atomic E-state index is 12.6. The number of likely N-dealkylation sites (N-methyl/N-ethyl adjacent to an activating group) is 2. The Morgan fingerprint density at radius 2 is 0.860 bits per heavy atom. The van der Waals surface area contributed by atoms with E-state index in [0.717, 1.165) is 48.6 Å². The van der Waals surface area contributed by atoms with E-state index in [1.54, 1.807) is 21.6 Å². The lowest BCUT2D eigenvalue weighted by atomic mass is 10.1. The predicted molar refractivity (Wildman–Crippen MR) is 212 cm³/mol. The van der Waals surface area contributed by atoms with Crippen LogP contribution < -0.4 is 9.13 Å². The van der Waals surface area contributed by atoms with Crippen molar-refractivity contribution in [3.8, 4) is 0 Å². The number of rotatable bonds is 19. The Balaban J connectivity index is 1.00. The van der Waals surface area contributed by atoms with Crippen LogP contribution in [0.25, 0.3) is 24.3 Å². The second kappa shape index (κ2) is 21.2. The van der Waals surface area contributed by atoms with Crippen molar-refractivity contribution in [3.63, 3.8) is 0 Å². The SMILES string of the molecule is Cc1ccc(/C=C/c2cc[n+](CCN(C)C(=O)CCCSSCCCC(=O)N(C)CC[n+]3ccc(/C=C/c4ccc(C)cc4)cc3)cc2)cc1. The van der Waals surface area contributed by atoms with Gasteiger partial charge in [-0.1, -0.05) is 106 Å². The number of carbonyl (C=O) groups excluding carboxylic acids is 2. The summed E-state index contributed by atoms with van der Waals surface area (Å²) in [5.74, 6) is 2.24. The highest BCUT2D eigenvalue weighted by molar-refractivity contribution is 8.76. The first-order valence-electron chi connectivity index (χ1n) is 17.5. The topological polar surface area (TPSA) is 48.4 Å². The van der Waals surface area contributed by atoms with Gasteiger partial charge < -0.3 is 9.80 Å². The van der Waals surface area contributed by atoms with Crippen molar-refractivity contribution in [1.82, 2.24) is 9.80 Å². The average molecular weight is 709 g/mol. The van der Waals surface area contributed by atoms with Gasteiger partial charge in [-0.2, -0.15) is 0 Å². The van der Waals surface area contributed by atoms with Crippen molar-refractivity contribution < 1.29 is 18.7 Å². The summed E-state index contributed by atoms with van der Waals surface area (Å²) < 4.78 is 4.23. The molecule has 2 amide bonds. The molecule has 262 valence electrons. The summed E-state index contributed by atoms with van der Waals surface area (Å²) in [5.41, 5.74) is 7.19. The molecule has 0 radical (unpaired) electrons. The van der Waals surface area contributed by atoms with Gasteiger partial charge in [0.1, 0.15) is 0 Å². The molecular formula is C42H52N4O2S2+2. The van der Waals surface area contributed by atoms with E-state index in [0.29, 0.717) is 25.9 Å². The summed E-state index contributed by atoms with van der Waals surface area (Å²) in [7, 11) is 7.37. The smallest absolute Gasteiger partial charge is 0.222 e. The molecule has 6 nitrogen and oxygen atoms in total. The maximum Gasteiger partial charge on any atom is 0.222 e. The molecule has 0 aliphatic carbocycles. The van der Waals surface area contributed by atoms with Crippen molar-refractivity contribution in [2.45, 2.75) is 52.6 Å². The number of pyridine rings is 2. The number of hydrogen-bond acceptors (Lipinski definition) is 4. The molecule has 0 fully saturated rings. The van der Waals surface area contributed by atoms with Crippen LogP contribution >= 0.6 is 21.6 Å². The van der Waals surface area contributed by atoms with E-state index in [1.807, 2.05) is 23.9 Å². The van der Waals surface area contributed by atoms with Crippen molar-refractivity contribution >= 4 is 57.7 Å². The fourth-order valence-electron chi connectivity index (χ4n) is 5.04. The fraction of sp³-hybridized carbons (Fsp3) is 0.333. The molecule has 4 rings (SSSR count). The lowest BCUT2D eigenvalue weighted by Gasteiger charge is -2.15. The summed E-state index contributed by atoms with van der Waals surface area (Å²) in [6.07, 6.45) is 19.6. The number of aryl methyl sites for hydroxylation is 2. The van der Waals surface area contributed by atoms with Gasteiger partial charge in [0, 0.05) is 62.7 Å². The van der Waals surface area contributed by atoms with Crippen LogP contribution in [0, 0.1) is 13.8 Å². The summed E-state index contributed by atoms with van der Waals surface area (Å²) in [6.45, 7) is 7.09. The molecule has 8 heteroatoms. The van der Waals surface area contributed by atoms with Crippen molar-refractivity contribution in [1.29, 1.82) is 0 Å². The fourth-order valence-corrected chi connectivity index (χ4v) is 7.22. The van der Waals surface area contributed by atoms with Crippen molar-refractivity contribution in [2.24, 2.45) is 0 Å². The molecule has 0 unspecified atom stereocenters. The third kappa shape index (κ3) is 14.4. The second-order valence-electron chi connectivity index (χ2n) is 12.7. The molecule has 4 aromatic rings. The zero-order chi connectivity index (χ0) is 35.6. The van der Waals surface area contributed by atoms with Gasteiger partial charge in [-0.05, 0) is 48.9 Å². The van der Waals surface area contributed by atoms with E-state index >= 15 is 0 Å². The number of aromatic nitrogens is 2. The Bertz CT molecular complexity index is 1540. The highest BCUT2D eigenvalue weighted by atomic mass is 33.1. The van der Waals surface area contributed by atoms with Crippen LogP contribution in [0.5, 0.6) is 0 Å². The molecule has 0 aliphatic rings. The van der Waals surface area contributed by atoms with Crippen molar-refractivity contribution in [3.05, 3.63) is 131 Å². The quantitative estimate of drug-likeness (QED) is 0.0568. The average Bonchev–Trinajstić information content (AvgIpc) is 3.14. The van der Waals surface area contributed by atoms with E-state index < -0.39 is 0 Å². The van der Waals surface area contributed by atoms with Crippen LogP contribution in [0.1, 0.15) is 59.1 Å². The number of benzene rings is 2. The summed E-state index contributed by atoms with van der Waals surface area (Å²) in [5, 5.41) is 0. The molecule has 2 aromatic heterocycles. The first-order chi connectivity index (χ1) is 24.2. The van der Waals surface area contributed by atoms with Gasteiger partial charge in [0.25, 0.3) is 0 Å². The van der Waals surface area contributed by atoms with E-state index in [9.17, 15) is 9.59 Å². The standard InChI is InChI=1S/C42H52N4O2S2/c1-35-9-13-37(14-10-35)17-19-39-21-25-45(26-22-39)31-29-43(3)41(47)7-5-33-49-50-34-6-8-42(48)44(4)30-32-46-27-23-40(24-28-46)20-18-38-15-11-36(2)12-16-38/h9-28H,5-8,29-34H2,1-4H3/q+2/b19-17+,20-18+. The zero-order valence-electron chi connectivity index (χ0n) is 30.0. The molecule has 2 heterocycles. The highest BCUT2D eigenvalue weighted by Crippen LogP contribution is 2.24. The molecule has 0 atom stereocenters. The minimum absolute atomic E-state index is 0.187. The Morgan fingerprint density at radius 1 is 0.540 bits per heavy atom. The Kier molecular flexibility index (Phi) is 16.4. The van der Waals surface area contributed by atoms with Crippen LogP contribution in [-0.2, 0) is 22.7 Å². The van der Waals surface area contributed by atoms with Gasteiger partial charge in [-0.25, -0.2) is 9.13 Å². The second-order valence-corrected chi connectivity index (χ2v) is 15.4. The molecule has 0 N–H and O–H groups in total. The number of nitrogens with zero attached hydrogens (tertiary/aromatic N) is 4. The Morgan fingerprint density at radius 3 is 1.20 bits per heavy atom. The normalized spacial score (nSPS) is 11.4. The van der Waals surface area contributed by atoms with Gasteiger partial charge in [-0.15, -0.1) is 0 Å². The summed E-state index contributed by atoms with van der Waals surface area (Å²) in [4.78, 5) is 28.9. The summed E-state index contributed by atoms with van der Waals surface area (Å²) >= 11 is 0. The zero-order valence-corrected chi connectivity index (χ0v) is 31.7. The van der Waals surface area contributed by atoms with Gasteiger partial charge >= 0.3 is 0 Å². The molecular weight excluding hydrogens is 657 g/mol. The van der Waals surface area contributed by atoms with Crippen LogP contribution in [0.2, 0.25) is 0 Å². The first kappa shape index (κ1) is 38.7. The Labute approximate surface area is 307 Å². The van der Waals surface area contributed by atoms with Crippen LogP contribution in [0.3, 0.4) is 0 Å². The third-order valence-electron chi connectivity index (χ3n) is 8.48. The van der Waals surface area contributed by atoms with E-state index in [1.165, 1.54) is 22.3 Å². The lowest BCUT2D eigenvalue weighted by Crippen LogP contribution is -2.40. The monoisotopic (exact) mass is 708 g/mol. The molecule has 0 aliphatic heterocycles. The number of amides is 2. The number of hydrogen-bond donors (Lipinski definition) is 0. The molecule has 50 heavy (non-hydrogen) atoms. The third-order valence-corrected chi connectivity index (χ3v) is 11.1. The van der Waals surface area contributed by atoms with Crippen LogP contribution in [-0.4, -0.2) is 60.3 Å². The van der Waals surface area contributed by atoms with Crippen molar-refractivity contribution in [2.75, 3.05) is 38.7 Å². The largest absolute Gasteiger partial charge is 0.339 e. The summed E-state index contributed by atoms with van der Waals surface area (Å²) in [6, 6.07) is 25.4. The minimum atomic E-state index is 0.187. The molecule has 0 spiro atoms. The molecule has 0 saturated heterocycles. The van der Waals surface area contributed by atoms with Crippen LogP contribution in [0.4, 0.5) is 0 Å². The van der Waals surface area contributed by atoms with E-state index in [2.05, 4.69) is 145 Å². The molecule has 0 saturated carbocycles. The van der Waals surface area contributed by atoms with Gasteiger partial charge in [0.05, 0.1) is 13.1 Å².